The molecule has 0 bridgehead atoms. The fourth-order valence-corrected chi connectivity index (χ4v) is 6.31. The van der Waals surface area contributed by atoms with Gasteiger partial charge in [0.05, 0.1) is 10.8 Å². The third-order valence-electron chi connectivity index (χ3n) is 6.30. The molecule has 0 aromatic heterocycles. The van der Waals surface area contributed by atoms with Crippen LogP contribution in [-0.2, 0) is 14.8 Å². The van der Waals surface area contributed by atoms with Crippen LogP contribution in [-0.4, -0.2) is 31.2 Å². The second kappa shape index (κ2) is 10.3. The highest BCUT2D eigenvalue weighted by Crippen LogP contribution is 2.29. The molecule has 172 valence electrons. The summed E-state index contributed by atoms with van der Waals surface area (Å²) in [5.74, 6) is -0.625. The topological polar surface area (TPSA) is 66.5 Å². The normalized spacial score (nSPS) is 17.1. The number of carbonyl (C=O) groups excluding carboxylic acids is 1. The maximum atomic E-state index is 13.3. The van der Waals surface area contributed by atoms with E-state index in [0.717, 1.165) is 36.8 Å². The van der Waals surface area contributed by atoms with Crippen molar-refractivity contribution in [2.75, 3.05) is 11.9 Å². The molecule has 0 aliphatic carbocycles. The van der Waals surface area contributed by atoms with Gasteiger partial charge in [-0.15, -0.1) is 0 Å². The molecule has 1 unspecified atom stereocenters. The number of nitrogens with one attached hydrogen (secondary N) is 1. The number of nitrogens with zero attached hydrogens (tertiary/aromatic N) is 1. The second-order valence-corrected chi connectivity index (χ2v) is 10.3. The number of benzene rings is 3. The summed E-state index contributed by atoms with van der Waals surface area (Å²) >= 11 is 0. The van der Waals surface area contributed by atoms with Gasteiger partial charge in [0.25, 0.3) is 0 Å². The van der Waals surface area contributed by atoms with Gasteiger partial charge in [0.15, 0.2) is 0 Å². The molecule has 1 saturated heterocycles. The number of hydrogen-bond donors (Lipinski definition) is 1. The summed E-state index contributed by atoms with van der Waals surface area (Å²) in [6.07, 6.45) is 3.68. The Hall–Kier alpha value is -2.96. The maximum Gasteiger partial charge on any atom is 0.243 e. The molecule has 1 heterocycles. The fourth-order valence-electron chi connectivity index (χ4n) is 4.54. The van der Waals surface area contributed by atoms with Crippen LogP contribution < -0.4 is 5.32 Å². The Morgan fingerprint density at radius 3 is 2.03 bits per heavy atom. The highest BCUT2D eigenvalue weighted by atomic mass is 32.2. The summed E-state index contributed by atoms with van der Waals surface area (Å²) in [7, 11) is -3.55. The van der Waals surface area contributed by atoms with Crippen LogP contribution in [0.15, 0.2) is 89.8 Å². The van der Waals surface area contributed by atoms with E-state index in [1.165, 1.54) is 0 Å². The molecule has 0 radical (unpaired) electrons. The van der Waals surface area contributed by atoms with Crippen LogP contribution in [0.1, 0.15) is 49.7 Å². The monoisotopic (exact) mass is 462 g/mol. The molecule has 1 aliphatic heterocycles. The minimum Gasteiger partial charge on any atom is -0.325 e. The third-order valence-corrected chi connectivity index (χ3v) is 8.27. The summed E-state index contributed by atoms with van der Waals surface area (Å²) in [4.78, 5) is 13.6. The van der Waals surface area contributed by atoms with Crippen molar-refractivity contribution in [1.82, 2.24) is 4.31 Å². The van der Waals surface area contributed by atoms with Crippen molar-refractivity contribution >= 4 is 21.6 Å². The number of piperidine rings is 1. The molecule has 0 saturated carbocycles. The second-order valence-electron chi connectivity index (χ2n) is 8.44. The Balaban J connectivity index is 1.55. The molecule has 4 rings (SSSR count). The SMILES string of the molecule is CCC1CCCCN1S(=O)(=O)c1ccc(NC(=O)C(c2ccccc2)c2ccccc2)cc1. The van der Waals surface area contributed by atoms with E-state index in [9.17, 15) is 13.2 Å². The fraction of sp³-hybridized carbons (Fsp3) is 0.296. The number of carbonyl (C=O) groups is 1. The average molecular weight is 463 g/mol. The molecule has 1 amide bonds. The van der Waals surface area contributed by atoms with E-state index in [2.05, 4.69) is 5.32 Å². The van der Waals surface area contributed by atoms with Gasteiger partial charge >= 0.3 is 0 Å². The van der Waals surface area contributed by atoms with Gasteiger partial charge in [-0.2, -0.15) is 4.31 Å². The quantitative estimate of drug-likeness (QED) is 0.510. The predicted octanol–water partition coefficient (Wildman–Crippen LogP) is 5.41. The zero-order chi connectivity index (χ0) is 23.3. The first kappa shape index (κ1) is 23.2. The molecule has 3 aromatic carbocycles. The first-order valence-electron chi connectivity index (χ1n) is 11.5. The summed E-state index contributed by atoms with van der Waals surface area (Å²) < 4.78 is 28.1. The molecule has 0 spiro atoms. The van der Waals surface area contributed by atoms with Crippen LogP contribution in [0, 0.1) is 0 Å². The first-order valence-corrected chi connectivity index (χ1v) is 13.0. The van der Waals surface area contributed by atoms with Gasteiger partial charge in [0, 0.05) is 18.3 Å². The minimum absolute atomic E-state index is 0.0561. The third kappa shape index (κ3) is 5.18. The lowest BCUT2D eigenvalue weighted by Crippen LogP contribution is -2.43. The van der Waals surface area contributed by atoms with Crippen LogP contribution >= 0.6 is 0 Å². The Morgan fingerprint density at radius 1 is 0.909 bits per heavy atom. The molecule has 1 aliphatic rings. The number of sulfonamides is 1. The van der Waals surface area contributed by atoms with Gasteiger partial charge in [0.1, 0.15) is 0 Å². The molecule has 6 heteroatoms. The van der Waals surface area contributed by atoms with Crippen LogP contribution in [0.5, 0.6) is 0 Å². The number of rotatable bonds is 7. The van der Waals surface area contributed by atoms with Crippen molar-refractivity contribution in [3.63, 3.8) is 0 Å². The zero-order valence-electron chi connectivity index (χ0n) is 18.9. The van der Waals surface area contributed by atoms with Crippen LogP contribution in [0.4, 0.5) is 5.69 Å². The van der Waals surface area contributed by atoms with Gasteiger partial charge in [-0.25, -0.2) is 8.42 Å². The molecule has 1 N–H and O–H groups in total. The Morgan fingerprint density at radius 2 is 1.48 bits per heavy atom. The summed E-state index contributed by atoms with van der Waals surface area (Å²) in [6.45, 7) is 2.60. The largest absolute Gasteiger partial charge is 0.325 e. The van der Waals surface area contributed by atoms with Crippen LogP contribution in [0.3, 0.4) is 0 Å². The van der Waals surface area contributed by atoms with Crippen molar-refractivity contribution < 1.29 is 13.2 Å². The van der Waals surface area contributed by atoms with E-state index < -0.39 is 15.9 Å². The number of anilines is 1. The number of hydrogen-bond acceptors (Lipinski definition) is 3. The molecule has 1 fully saturated rings. The lowest BCUT2D eigenvalue weighted by atomic mass is 9.90. The molecular formula is C27H30N2O3S. The maximum absolute atomic E-state index is 13.3. The van der Waals surface area contributed by atoms with Gasteiger partial charge in [-0.3, -0.25) is 4.79 Å². The Kier molecular flexibility index (Phi) is 7.26. The summed E-state index contributed by atoms with van der Waals surface area (Å²) in [5.41, 5.74) is 2.37. The summed E-state index contributed by atoms with van der Waals surface area (Å²) in [5, 5.41) is 2.97. The standard InChI is InChI=1S/C27H30N2O3S/c1-2-24-15-9-10-20-29(24)33(31,32)25-18-16-23(17-19-25)28-27(30)26(21-11-5-3-6-12-21)22-13-7-4-8-14-22/h3-8,11-14,16-19,24,26H,2,9-10,15,20H2,1H3,(H,28,30). The molecule has 33 heavy (non-hydrogen) atoms. The highest BCUT2D eigenvalue weighted by molar-refractivity contribution is 7.89. The van der Waals surface area contributed by atoms with E-state index in [0.29, 0.717) is 12.2 Å². The van der Waals surface area contributed by atoms with Crippen molar-refractivity contribution in [3.05, 3.63) is 96.1 Å². The Bertz CT molecular complexity index is 1120. The van der Waals surface area contributed by atoms with Crippen LogP contribution in [0.2, 0.25) is 0 Å². The smallest absolute Gasteiger partial charge is 0.243 e. The predicted molar refractivity (Wildman–Crippen MR) is 132 cm³/mol. The van der Waals surface area contributed by atoms with Gasteiger partial charge in [0.2, 0.25) is 15.9 Å². The number of amides is 1. The molecule has 1 atom stereocenters. The van der Waals surface area contributed by atoms with E-state index in [-0.39, 0.29) is 16.8 Å². The lowest BCUT2D eigenvalue weighted by molar-refractivity contribution is -0.116. The van der Waals surface area contributed by atoms with E-state index in [4.69, 9.17) is 0 Å². The zero-order valence-corrected chi connectivity index (χ0v) is 19.7. The van der Waals surface area contributed by atoms with Gasteiger partial charge < -0.3 is 5.32 Å². The van der Waals surface area contributed by atoms with Gasteiger partial charge in [-0.05, 0) is 54.7 Å². The van der Waals surface area contributed by atoms with Crippen molar-refractivity contribution in [1.29, 1.82) is 0 Å². The van der Waals surface area contributed by atoms with E-state index >= 15 is 0 Å². The highest BCUT2D eigenvalue weighted by Gasteiger charge is 2.32. The van der Waals surface area contributed by atoms with Crippen molar-refractivity contribution in [3.8, 4) is 0 Å². The summed E-state index contributed by atoms with van der Waals surface area (Å²) in [6, 6.07) is 25.9. The molecule has 5 nitrogen and oxygen atoms in total. The first-order chi connectivity index (χ1) is 16.0. The van der Waals surface area contributed by atoms with E-state index in [1.54, 1.807) is 28.6 Å². The lowest BCUT2D eigenvalue weighted by Gasteiger charge is -2.34. The average Bonchev–Trinajstić information content (AvgIpc) is 2.86. The molecular weight excluding hydrogens is 432 g/mol. The van der Waals surface area contributed by atoms with E-state index in [1.807, 2.05) is 67.6 Å². The van der Waals surface area contributed by atoms with Gasteiger partial charge in [-0.1, -0.05) is 74.0 Å². The molecule has 3 aromatic rings. The Labute approximate surface area is 196 Å². The van der Waals surface area contributed by atoms with Crippen LogP contribution in [0.25, 0.3) is 0 Å². The minimum atomic E-state index is -3.55. The van der Waals surface area contributed by atoms with Crippen molar-refractivity contribution in [2.45, 2.75) is 49.5 Å². The van der Waals surface area contributed by atoms with Crippen molar-refractivity contribution in [2.24, 2.45) is 0 Å².